The summed E-state index contributed by atoms with van der Waals surface area (Å²) >= 11 is 0. The maximum Gasteiger partial charge on any atom is 0.249 e. The Labute approximate surface area is 131 Å². The second-order valence-corrected chi connectivity index (χ2v) is 4.58. The summed E-state index contributed by atoms with van der Waals surface area (Å²) in [5.74, 6) is 0.384. The standard InChI is InChI=1S/C16H11FN6/c17-12-5-7-13(8-6-12)20-15-10-19-23-16(22-15)21-14-4-2-1-3-11(14)9-18/h1-8,10H,(H2,20,21,22,23). The average Bonchev–Trinajstić information content (AvgIpc) is 2.58. The van der Waals surface area contributed by atoms with E-state index in [4.69, 9.17) is 5.26 Å². The van der Waals surface area contributed by atoms with E-state index in [2.05, 4.69) is 31.9 Å². The van der Waals surface area contributed by atoms with Crippen LogP contribution in [0, 0.1) is 17.1 Å². The van der Waals surface area contributed by atoms with Crippen LogP contribution in [0.3, 0.4) is 0 Å². The monoisotopic (exact) mass is 306 g/mol. The number of halogens is 1. The summed E-state index contributed by atoms with van der Waals surface area (Å²) in [4.78, 5) is 4.26. The lowest BCUT2D eigenvalue weighted by Gasteiger charge is -2.08. The van der Waals surface area contributed by atoms with Gasteiger partial charge in [0.2, 0.25) is 5.95 Å². The number of aromatic nitrogens is 3. The van der Waals surface area contributed by atoms with Crippen LogP contribution in [0.5, 0.6) is 0 Å². The average molecular weight is 306 g/mol. The van der Waals surface area contributed by atoms with Gasteiger partial charge in [-0.2, -0.15) is 15.3 Å². The van der Waals surface area contributed by atoms with Crippen LogP contribution in [0.15, 0.2) is 54.7 Å². The summed E-state index contributed by atoms with van der Waals surface area (Å²) < 4.78 is 12.9. The highest BCUT2D eigenvalue weighted by molar-refractivity contribution is 5.63. The van der Waals surface area contributed by atoms with Crippen LogP contribution >= 0.6 is 0 Å². The number of anilines is 4. The highest BCUT2D eigenvalue weighted by atomic mass is 19.1. The van der Waals surface area contributed by atoms with E-state index < -0.39 is 0 Å². The molecule has 0 fully saturated rings. The smallest absolute Gasteiger partial charge is 0.249 e. The van der Waals surface area contributed by atoms with E-state index >= 15 is 0 Å². The number of nitriles is 1. The maximum atomic E-state index is 12.9. The van der Waals surface area contributed by atoms with Crippen LogP contribution in [-0.2, 0) is 0 Å². The molecule has 0 aliphatic carbocycles. The van der Waals surface area contributed by atoms with Gasteiger partial charge >= 0.3 is 0 Å². The molecule has 0 unspecified atom stereocenters. The molecular weight excluding hydrogens is 295 g/mol. The van der Waals surface area contributed by atoms with Crippen molar-refractivity contribution in [1.29, 1.82) is 5.26 Å². The summed E-state index contributed by atoms with van der Waals surface area (Å²) in [5, 5.41) is 22.8. The van der Waals surface area contributed by atoms with E-state index in [1.54, 1.807) is 36.4 Å². The van der Waals surface area contributed by atoms with E-state index in [9.17, 15) is 4.39 Å². The van der Waals surface area contributed by atoms with Crippen LogP contribution in [0.25, 0.3) is 0 Å². The largest absolute Gasteiger partial charge is 0.339 e. The SMILES string of the molecule is N#Cc1ccccc1Nc1nncc(Nc2ccc(F)cc2)n1. The van der Waals surface area contributed by atoms with Crippen molar-refractivity contribution in [1.82, 2.24) is 15.2 Å². The van der Waals surface area contributed by atoms with Crippen molar-refractivity contribution in [2.24, 2.45) is 0 Å². The molecule has 0 atom stereocenters. The molecule has 2 N–H and O–H groups in total. The van der Waals surface area contributed by atoms with Crippen LogP contribution in [0.4, 0.5) is 27.5 Å². The molecule has 0 spiro atoms. The third kappa shape index (κ3) is 3.57. The zero-order chi connectivity index (χ0) is 16.1. The van der Waals surface area contributed by atoms with Crippen molar-refractivity contribution in [3.8, 4) is 6.07 Å². The summed E-state index contributed by atoms with van der Waals surface area (Å²) in [6.45, 7) is 0. The molecule has 2 aromatic carbocycles. The summed E-state index contributed by atoms with van der Waals surface area (Å²) in [6, 6.07) is 15.0. The molecule has 0 saturated carbocycles. The first kappa shape index (κ1) is 14.4. The van der Waals surface area contributed by atoms with Crippen LogP contribution < -0.4 is 10.6 Å². The van der Waals surface area contributed by atoms with Gasteiger partial charge in [-0.05, 0) is 36.4 Å². The molecule has 3 rings (SSSR count). The number of nitrogens with one attached hydrogen (secondary N) is 2. The molecule has 112 valence electrons. The summed E-state index contributed by atoms with van der Waals surface area (Å²) in [5.41, 5.74) is 1.75. The van der Waals surface area contributed by atoms with Gasteiger partial charge in [-0.25, -0.2) is 4.39 Å². The number of rotatable bonds is 4. The highest BCUT2D eigenvalue weighted by Gasteiger charge is 2.05. The third-order valence-corrected chi connectivity index (χ3v) is 2.97. The summed E-state index contributed by atoms with van der Waals surface area (Å²) in [6.07, 6.45) is 1.45. The first-order valence-electron chi connectivity index (χ1n) is 6.73. The lowest BCUT2D eigenvalue weighted by atomic mass is 10.2. The number of benzene rings is 2. The molecule has 0 amide bonds. The Morgan fingerprint density at radius 1 is 1.00 bits per heavy atom. The second-order valence-electron chi connectivity index (χ2n) is 4.58. The zero-order valence-electron chi connectivity index (χ0n) is 11.9. The topological polar surface area (TPSA) is 86.5 Å². The molecule has 0 aliphatic heterocycles. The molecule has 0 aliphatic rings. The van der Waals surface area contributed by atoms with Crippen molar-refractivity contribution in [3.63, 3.8) is 0 Å². The van der Waals surface area contributed by atoms with Crippen molar-refractivity contribution >= 4 is 23.1 Å². The Kier molecular flexibility index (Phi) is 4.07. The Balaban J connectivity index is 1.80. The molecular formula is C16H11FN6. The lowest BCUT2D eigenvalue weighted by Crippen LogP contribution is -2.03. The molecule has 3 aromatic rings. The van der Waals surface area contributed by atoms with Gasteiger partial charge in [-0.3, -0.25) is 0 Å². The molecule has 0 saturated heterocycles. The van der Waals surface area contributed by atoms with Crippen molar-refractivity contribution in [3.05, 3.63) is 66.1 Å². The van der Waals surface area contributed by atoms with Crippen LogP contribution in [0.2, 0.25) is 0 Å². The number of hydrogen-bond donors (Lipinski definition) is 2. The van der Waals surface area contributed by atoms with Crippen molar-refractivity contribution in [2.75, 3.05) is 10.6 Å². The Hall–Kier alpha value is -3.53. The normalized spacial score (nSPS) is 9.91. The molecule has 7 heteroatoms. The minimum absolute atomic E-state index is 0.250. The molecule has 1 aromatic heterocycles. The fourth-order valence-corrected chi connectivity index (χ4v) is 1.91. The predicted molar refractivity (Wildman–Crippen MR) is 83.9 cm³/mol. The quantitative estimate of drug-likeness (QED) is 0.768. The zero-order valence-corrected chi connectivity index (χ0v) is 11.9. The number of hydrogen-bond acceptors (Lipinski definition) is 6. The number of nitrogens with zero attached hydrogens (tertiary/aromatic N) is 4. The van der Waals surface area contributed by atoms with Gasteiger partial charge in [-0.1, -0.05) is 12.1 Å². The fourth-order valence-electron chi connectivity index (χ4n) is 1.91. The Morgan fingerprint density at radius 3 is 2.57 bits per heavy atom. The van der Waals surface area contributed by atoms with E-state index in [-0.39, 0.29) is 11.8 Å². The fraction of sp³-hybridized carbons (Fsp3) is 0. The van der Waals surface area contributed by atoms with Gasteiger partial charge in [0, 0.05) is 5.69 Å². The Bertz CT molecular complexity index is 857. The van der Waals surface area contributed by atoms with Crippen LogP contribution in [-0.4, -0.2) is 15.2 Å². The first-order valence-corrected chi connectivity index (χ1v) is 6.73. The van der Waals surface area contributed by atoms with Gasteiger partial charge in [-0.15, -0.1) is 5.10 Å². The third-order valence-electron chi connectivity index (χ3n) is 2.97. The first-order chi connectivity index (χ1) is 11.2. The van der Waals surface area contributed by atoms with E-state index in [1.807, 2.05) is 0 Å². The maximum absolute atomic E-state index is 12.9. The van der Waals surface area contributed by atoms with Crippen molar-refractivity contribution in [2.45, 2.75) is 0 Å². The highest BCUT2D eigenvalue weighted by Crippen LogP contribution is 2.19. The Morgan fingerprint density at radius 2 is 1.78 bits per heavy atom. The molecule has 0 bridgehead atoms. The van der Waals surface area contributed by atoms with E-state index in [1.165, 1.54) is 18.3 Å². The van der Waals surface area contributed by atoms with Crippen molar-refractivity contribution < 1.29 is 4.39 Å². The molecule has 23 heavy (non-hydrogen) atoms. The minimum atomic E-state index is -0.313. The van der Waals surface area contributed by atoms with Gasteiger partial charge in [0.25, 0.3) is 0 Å². The van der Waals surface area contributed by atoms with Gasteiger partial charge in [0.15, 0.2) is 5.82 Å². The van der Waals surface area contributed by atoms with E-state index in [0.717, 1.165) is 0 Å². The van der Waals surface area contributed by atoms with E-state index in [0.29, 0.717) is 22.8 Å². The molecule has 1 heterocycles. The molecule has 6 nitrogen and oxygen atoms in total. The molecule has 0 radical (unpaired) electrons. The van der Waals surface area contributed by atoms with Gasteiger partial charge < -0.3 is 10.6 Å². The lowest BCUT2D eigenvalue weighted by molar-refractivity contribution is 0.628. The van der Waals surface area contributed by atoms with Gasteiger partial charge in [0.1, 0.15) is 11.9 Å². The predicted octanol–water partition coefficient (Wildman–Crippen LogP) is 3.37. The summed E-state index contributed by atoms with van der Waals surface area (Å²) in [7, 11) is 0. The van der Waals surface area contributed by atoms with Crippen LogP contribution in [0.1, 0.15) is 5.56 Å². The van der Waals surface area contributed by atoms with Gasteiger partial charge in [0.05, 0.1) is 17.4 Å². The number of para-hydroxylation sites is 1. The second kappa shape index (κ2) is 6.49. The minimum Gasteiger partial charge on any atom is -0.339 e.